The minimum Gasteiger partial charge on any atom is -0.497 e. The van der Waals surface area contributed by atoms with Gasteiger partial charge in [0.05, 0.1) is 38.2 Å². The van der Waals surface area contributed by atoms with Crippen molar-refractivity contribution < 1.29 is 18.3 Å². The quantitative estimate of drug-likeness (QED) is 0.316. The number of aromatic nitrogens is 5. The fraction of sp³-hybridized carbons (Fsp3) is 0.154. The van der Waals surface area contributed by atoms with Crippen LogP contribution in [0, 0.1) is 11.9 Å². The number of ether oxygens (including phenoxy) is 2. The third-order valence-electron chi connectivity index (χ3n) is 5.60. The molecule has 7 nitrogen and oxygen atoms in total. The number of para-hydroxylation sites is 1. The van der Waals surface area contributed by atoms with Crippen LogP contribution < -0.4 is 9.47 Å². The van der Waals surface area contributed by atoms with Gasteiger partial charge in [0, 0.05) is 11.8 Å². The fourth-order valence-corrected chi connectivity index (χ4v) is 3.94. The molecule has 2 aromatic carbocycles. The Morgan fingerprint density at radius 1 is 0.857 bits per heavy atom. The standard InChI is InChI=1S/C26H21F2N5O2/c1-34-18-9-7-16(8-10-18)15-33-21-6-4-3-5-19(21)25(32-33)26-29-14-22(35-2)20(30-26)11-17-12-23(27)31-24(28)13-17/h3-10,12-14H,11,15H2,1-2H3. The lowest BCUT2D eigenvalue weighted by Gasteiger charge is -2.09. The summed E-state index contributed by atoms with van der Waals surface area (Å²) in [7, 11) is 3.13. The molecule has 0 N–H and O–H groups in total. The Morgan fingerprint density at radius 2 is 1.60 bits per heavy atom. The Bertz CT molecular complexity index is 1480. The molecule has 0 amide bonds. The first-order valence-electron chi connectivity index (χ1n) is 10.8. The number of rotatable bonds is 7. The molecular weight excluding hydrogens is 452 g/mol. The maximum Gasteiger partial charge on any atom is 0.215 e. The summed E-state index contributed by atoms with van der Waals surface area (Å²) in [5.74, 6) is -0.199. The molecule has 0 unspecified atom stereocenters. The van der Waals surface area contributed by atoms with Gasteiger partial charge in [-0.2, -0.15) is 18.9 Å². The van der Waals surface area contributed by atoms with Gasteiger partial charge < -0.3 is 9.47 Å². The Labute approximate surface area is 200 Å². The summed E-state index contributed by atoms with van der Waals surface area (Å²) in [4.78, 5) is 12.3. The van der Waals surface area contributed by atoms with Gasteiger partial charge in [0.1, 0.15) is 11.4 Å². The highest BCUT2D eigenvalue weighted by molar-refractivity contribution is 5.91. The molecule has 0 saturated heterocycles. The largest absolute Gasteiger partial charge is 0.497 e. The van der Waals surface area contributed by atoms with E-state index in [-0.39, 0.29) is 6.42 Å². The number of hydrogen-bond donors (Lipinski definition) is 0. The predicted molar refractivity (Wildman–Crippen MR) is 126 cm³/mol. The zero-order valence-corrected chi connectivity index (χ0v) is 19.1. The lowest BCUT2D eigenvalue weighted by molar-refractivity contribution is 0.405. The van der Waals surface area contributed by atoms with E-state index in [1.165, 1.54) is 19.2 Å². The Morgan fingerprint density at radius 3 is 2.31 bits per heavy atom. The summed E-state index contributed by atoms with van der Waals surface area (Å²) in [5, 5.41) is 5.71. The van der Waals surface area contributed by atoms with E-state index in [0.29, 0.717) is 35.1 Å². The SMILES string of the molecule is COc1ccc(Cn2nc(-c3ncc(OC)c(Cc4cc(F)nc(F)c4)n3)c3ccccc32)cc1. The van der Waals surface area contributed by atoms with E-state index in [4.69, 9.17) is 14.6 Å². The number of hydrogen-bond acceptors (Lipinski definition) is 6. The van der Waals surface area contributed by atoms with Gasteiger partial charge >= 0.3 is 0 Å². The zero-order chi connectivity index (χ0) is 24.4. The molecule has 0 bridgehead atoms. The predicted octanol–water partition coefficient (Wildman–Crippen LogP) is 4.82. The number of halogens is 2. The van der Waals surface area contributed by atoms with E-state index in [1.807, 2.05) is 53.2 Å². The highest BCUT2D eigenvalue weighted by Gasteiger charge is 2.18. The number of fused-ring (bicyclic) bond motifs is 1. The van der Waals surface area contributed by atoms with Crippen LogP contribution in [0.3, 0.4) is 0 Å². The summed E-state index contributed by atoms with van der Waals surface area (Å²) in [6.45, 7) is 0.545. The second-order valence-corrected chi connectivity index (χ2v) is 7.88. The number of pyridine rings is 1. The minimum atomic E-state index is -0.892. The van der Waals surface area contributed by atoms with Gasteiger partial charge in [-0.15, -0.1) is 0 Å². The van der Waals surface area contributed by atoms with Gasteiger partial charge in [0.25, 0.3) is 0 Å². The Kier molecular flexibility index (Phi) is 6.05. The van der Waals surface area contributed by atoms with Crippen LogP contribution in [-0.2, 0) is 13.0 Å². The first-order chi connectivity index (χ1) is 17.0. The average Bonchev–Trinajstić information content (AvgIpc) is 3.22. The highest BCUT2D eigenvalue weighted by atomic mass is 19.1. The topological polar surface area (TPSA) is 75.0 Å². The second kappa shape index (κ2) is 9.46. The van der Waals surface area contributed by atoms with Crippen LogP contribution in [-0.4, -0.2) is 39.0 Å². The molecule has 3 aromatic heterocycles. The first kappa shape index (κ1) is 22.4. The van der Waals surface area contributed by atoms with E-state index in [0.717, 1.165) is 22.2 Å². The lowest BCUT2D eigenvalue weighted by atomic mass is 10.1. The molecule has 0 aliphatic heterocycles. The van der Waals surface area contributed by atoms with E-state index in [9.17, 15) is 8.78 Å². The molecule has 0 radical (unpaired) electrons. The first-order valence-corrected chi connectivity index (χ1v) is 10.8. The summed E-state index contributed by atoms with van der Waals surface area (Å²) in [5.41, 5.74) is 3.45. The molecule has 3 heterocycles. The molecule has 0 fully saturated rings. The molecule has 5 rings (SSSR count). The van der Waals surface area contributed by atoms with E-state index >= 15 is 0 Å². The van der Waals surface area contributed by atoms with Crippen LogP contribution in [0.2, 0.25) is 0 Å². The molecule has 0 atom stereocenters. The van der Waals surface area contributed by atoms with Crippen LogP contribution in [0.15, 0.2) is 66.9 Å². The van der Waals surface area contributed by atoms with Gasteiger partial charge in [-0.25, -0.2) is 9.97 Å². The maximum atomic E-state index is 13.6. The molecule has 35 heavy (non-hydrogen) atoms. The van der Waals surface area contributed by atoms with Gasteiger partial charge in [0.15, 0.2) is 11.6 Å². The van der Waals surface area contributed by atoms with Crippen molar-refractivity contribution in [1.82, 2.24) is 24.7 Å². The van der Waals surface area contributed by atoms with Crippen LogP contribution >= 0.6 is 0 Å². The van der Waals surface area contributed by atoms with Crippen molar-refractivity contribution in [1.29, 1.82) is 0 Å². The third-order valence-corrected chi connectivity index (χ3v) is 5.60. The number of benzene rings is 2. The minimum absolute atomic E-state index is 0.138. The second-order valence-electron chi connectivity index (χ2n) is 7.88. The normalized spacial score (nSPS) is 11.1. The lowest BCUT2D eigenvalue weighted by Crippen LogP contribution is -2.04. The number of nitrogens with zero attached hydrogens (tertiary/aromatic N) is 5. The van der Waals surface area contributed by atoms with Crippen LogP contribution in [0.1, 0.15) is 16.8 Å². The molecule has 0 aliphatic carbocycles. The van der Waals surface area contributed by atoms with Crippen molar-refractivity contribution in [2.75, 3.05) is 14.2 Å². The monoisotopic (exact) mass is 473 g/mol. The highest BCUT2D eigenvalue weighted by Crippen LogP contribution is 2.29. The zero-order valence-electron chi connectivity index (χ0n) is 19.1. The fourth-order valence-electron chi connectivity index (χ4n) is 3.94. The summed E-state index contributed by atoms with van der Waals surface area (Å²) < 4.78 is 39.8. The molecule has 9 heteroatoms. The van der Waals surface area contributed by atoms with E-state index in [2.05, 4.69) is 15.0 Å². The summed E-state index contributed by atoms with van der Waals surface area (Å²) in [6.07, 6.45) is 1.68. The third kappa shape index (κ3) is 4.65. The Hall–Kier alpha value is -4.40. The van der Waals surface area contributed by atoms with Gasteiger partial charge in [-0.3, -0.25) is 4.68 Å². The van der Waals surface area contributed by atoms with Crippen molar-refractivity contribution in [3.05, 3.63) is 95.6 Å². The molecule has 0 aliphatic rings. The summed E-state index contributed by atoms with van der Waals surface area (Å²) >= 11 is 0. The summed E-state index contributed by atoms with van der Waals surface area (Å²) in [6, 6.07) is 18.0. The molecule has 5 aromatic rings. The average molecular weight is 473 g/mol. The maximum absolute atomic E-state index is 13.6. The molecule has 176 valence electrons. The molecule has 0 spiro atoms. The molecule has 0 saturated carbocycles. The van der Waals surface area contributed by atoms with E-state index < -0.39 is 11.9 Å². The number of methoxy groups -OCH3 is 2. The van der Waals surface area contributed by atoms with Gasteiger partial charge in [-0.1, -0.05) is 30.3 Å². The molecular formula is C26H21F2N5O2. The van der Waals surface area contributed by atoms with E-state index in [1.54, 1.807) is 13.3 Å². The Balaban J connectivity index is 1.55. The van der Waals surface area contributed by atoms with Crippen molar-refractivity contribution in [2.24, 2.45) is 0 Å². The van der Waals surface area contributed by atoms with Gasteiger partial charge in [-0.05, 0) is 41.5 Å². The van der Waals surface area contributed by atoms with Crippen molar-refractivity contribution in [2.45, 2.75) is 13.0 Å². The van der Waals surface area contributed by atoms with Crippen LogP contribution in [0.25, 0.3) is 22.4 Å². The van der Waals surface area contributed by atoms with Crippen LogP contribution in [0.4, 0.5) is 8.78 Å². The van der Waals surface area contributed by atoms with Crippen molar-refractivity contribution >= 4 is 10.9 Å². The van der Waals surface area contributed by atoms with Crippen molar-refractivity contribution in [3.8, 4) is 23.0 Å². The smallest absolute Gasteiger partial charge is 0.215 e. The van der Waals surface area contributed by atoms with Gasteiger partial charge in [0.2, 0.25) is 11.9 Å². The van der Waals surface area contributed by atoms with Crippen molar-refractivity contribution in [3.63, 3.8) is 0 Å². The van der Waals surface area contributed by atoms with Crippen LogP contribution in [0.5, 0.6) is 11.5 Å².